The van der Waals surface area contributed by atoms with Crippen LogP contribution in [0.2, 0.25) is 0 Å². The van der Waals surface area contributed by atoms with Crippen LogP contribution in [0.1, 0.15) is 70.9 Å². The lowest BCUT2D eigenvalue weighted by molar-refractivity contribution is 0.440. The Balaban J connectivity index is 2.34. The Labute approximate surface area is 175 Å². The van der Waals surface area contributed by atoms with Gasteiger partial charge in [0.2, 0.25) is 0 Å². The number of aromatic hydroxyl groups is 2. The standard InChI is InChI=1S/C25H34N2O2/c1-5-6-7-12-20-17-22(28)21(14-13-19(4)11-8-10-18(2)3)24(29)23(20)25-26-15-9-16-27-25/h9-10,13,15-17,28-29H,5-8,11-12,14H2,1-4H3. The predicted molar refractivity (Wildman–Crippen MR) is 120 cm³/mol. The molecule has 0 spiro atoms. The fourth-order valence-electron chi connectivity index (χ4n) is 3.36. The van der Waals surface area contributed by atoms with Crippen molar-refractivity contribution >= 4 is 0 Å². The summed E-state index contributed by atoms with van der Waals surface area (Å²) in [4.78, 5) is 8.69. The molecule has 4 heteroatoms. The summed E-state index contributed by atoms with van der Waals surface area (Å²) >= 11 is 0. The maximum atomic E-state index is 11.0. The molecule has 0 fully saturated rings. The minimum Gasteiger partial charge on any atom is -0.508 e. The zero-order valence-electron chi connectivity index (χ0n) is 18.2. The lowest BCUT2D eigenvalue weighted by atomic mass is 9.94. The number of aryl methyl sites for hydroxylation is 1. The second-order valence-electron chi connectivity index (χ2n) is 7.86. The average Bonchev–Trinajstić information content (AvgIpc) is 2.68. The van der Waals surface area contributed by atoms with Gasteiger partial charge in [-0.1, -0.05) is 43.1 Å². The van der Waals surface area contributed by atoms with Crippen molar-refractivity contribution in [3.05, 3.63) is 59.0 Å². The molecule has 0 aliphatic rings. The van der Waals surface area contributed by atoms with Crippen molar-refractivity contribution in [2.24, 2.45) is 0 Å². The Hall–Kier alpha value is -2.62. The summed E-state index contributed by atoms with van der Waals surface area (Å²) in [6, 6.07) is 3.54. The second kappa shape index (κ2) is 11.4. The highest BCUT2D eigenvalue weighted by atomic mass is 16.3. The summed E-state index contributed by atoms with van der Waals surface area (Å²) in [5.41, 5.74) is 4.64. The summed E-state index contributed by atoms with van der Waals surface area (Å²) < 4.78 is 0. The summed E-state index contributed by atoms with van der Waals surface area (Å²) in [5.74, 6) is 0.736. The van der Waals surface area contributed by atoms with Gasteiger partial charge in [-0.2, -0.15) is 0 Å². The van der Waals surface area contributed by atoms with E-state index in [2.05, 4.69) is 49.8 Å². The van der Waals surface area contributed by atoms with Crippen LogP contribution in [0.25, 0.3) is 11.4 Å². The van der Waals surface area contributed by atoms with E-state index in [1.807, 2.05) is 0 Å². The third-order valence-electron chi connectivity index (χ3n) is 5.05. The molecule has 0 unspecified atom stereocenters. The number of benzene rings is 1. The third kappa shape index (κ3) is 6.74. The number of phenolic OH excluding ortho intramolecular Hbond substituents is 2. The highest BCUT2D eigenvalue weighted by Crippen LogP contribution is 2.40. The number of allylic oxidation sites excluding steroid dienone is 4. The van der Waals surface area contributed by atoms with Gasteiger partial charge in [0.15, 0.2) is 5.82 Å². The van der Waals surface area contributed by atoms with E-state index in [-0.39, 0.29) is 11.5 Å². The van der Waals surface area contributed by atoms with E-state index in [1.54, 1.807) is 24.5 Å². The van der Waals surface area contributed by atoms with Crippen LogP contribution >= 0.6 is 0 Å². The molecule has 0 radical (unpaired) electrons. The number of phenols is 2. The Morgan fingerprint density at radius 2 is 1.76 bits per heavy atom. The maximum Gasteiger partial charge on any atom is 0.163 e. The molecule has 29 heavy (non-hydrogen) atoms. The van der Waals surface area contributed by atoms with E-state index >= 15 is 0 Å². The molecule has 0 atom stereocenters. The van der Waals surface area contributed by atoms with Crippen LogP contribution in [0.3, 0.4) is 0 Å². The smallest absolute Gasteiger partial charge is 0.163 e. The molecular formula is C25H34N2O2. The molecule has 2 N–H and O–H groups in total. The number of hydrogen-bond donors (Lipinski definition) is 2. The number of rotatable bonds is 10. The third-order valence-corrected chi connectivity index (χ3v) is 5.05. The van der Waals surface area contributed by atoms with Crippen LogP contribution in [0.5, 0.6) is 11.5 Å². The molecule has 1 aromatic heterocycles. The van der Waals surface area contributed by atoms with Crippen LogP contribution in [0, 0.1) is 0 Å². The highest BCUT2D eigenvalue weighted by molar-refractivity contribution is 5.73. The SMILES string of the molecule is CCCCCc1cc(O)c(CC=C(C)CCC=C(C)C)c(O)c1-c1ncccn1. The Morgan fingerprint density at radius 3 is 2.41 bits per heavy atom. The molecule has 1 aromatic carbocycles. The van der Waals surface area contributed by atoms with Crippen LogP contribution in [0.15, 0.2) is 47.8 Å². The second-order valence-corrected chi connectivity index (χ2v) is 7.86. The minimum absolute atomic E-state index is 0.0936. The van der Waals surface area contributed by atoms with E-state index in [0.717, 1.165) is 44.1 Å². The quantitative estimate of drug-likeness (QED) is 0.355. The van der Waals surface area contributed by atoms with Crippen LogP contribution < -0.4 is 0 Å². The van der Waals surface area contributed by atoms with Gasteiger partial charge >= 0.3 is 0 Å². The fraction of sp³-hybridized carbons (Fsp3) is 0.440. The van der Waals surface area contributed by atoms with Crippen LogP contribution in [0.4, 0.5) is 0 Å². The number of aromatic nitrogens is 2. The van der Waals surface area contributed by atoms with E-state index < -0.39 is 0 Å². The average molecular weight is 395 g/mol. The number of unbranched alkanes of at least 4 members (excludes halogenated alkanes) is 2. The van der Waals surface area contributed by atoms with Gasteiger partial charge in [-0.15, -0.1) is 0 Å². The lowest BCUT2D eigenvalue weighted by Gasteiger charge is -2.15. The van der Waals surface area contributed by atoms with Gasteiger partial charge in [-0.3, -0.25) is 0 Å². The summed E-state index contributed by atoms with van der Waals surface area (Å²) in [5, 5.41) is 21.7. The van der Waals surface area contributed by atoms with Crippen LogP contribution in [-0.2, 0) is 12.8 Å². The first-order chi connectivity index (χ1) is 13.9. The molecule has 0 bridgehead atoms. The van der Waals surface area contributed by atoms with E-state index in [4.69, 9.17) is 0 Å². The molecule has 0 amide bonds. The van der Waals surface area contributed by atoms with Gasteiger partial charge in [-0.25, -0.2) is 9.97 Å². The highest BCUT2D eigenvalue weighted by Gasteiger charge is 2.19. The number of hydrogen-bond acceptors (Lipinski definition) is 4. The Kier molecular flexibility index (Phi) is 8.91. The first kappa shape index (κ1) is 22.7. The summed E-state index contributed by atoms with van der Waals surface area (Å²) in [6.45, 7) is 8.45. The Morgan fingerprint density at radius 1 is 1.03 bits per heavy atom. The van der Waals surface area contributed by atoms with Gasteiger partial charge in [0, 0.05) is 18.0 Å². The van der Waals surface area contributed by atoms with Crippen molar-refractivity contribution in [2.75, 3.05) is 0 Å². The van der Waals surface area contributed by atoms with Gasteiger partial charge < -0.3 is 10.2 Å². The first-order valence-corrected chi connectivity index (χ1v) is 10.6. The van der Waals surface area contributed by atoms with Crippen molar-refractivity contribution in [3.8, 4) is 22.9 Å². The van der Waals surface area contributed by atoms with Gasteiger partial charge in [0.05, 0.1) is 5.56 Å². The molecule has 0 aliphatic carbocycles. The Bertz CT molecular complexity index is 851. The summed E-state index contributed by atoms with van der Waals surface area (Å²) in [6.07, 6.45) is 14.1. The molecule has 1 heterocycles. The molecule has 156 valence electrons. The lowest BCUT2D eigenvalue weighted by Crippen LogP contribution is -1.99. The first-order valence-electron chi connectivity index (χ1n) is 10.6. The minimum atomic E-state index is 0.0936. The molecular weight excluding hydrogens is 360 g/mol. The fourth-order valence-corrected chi connectivity index (χ4v) is 3.36. The molecule has 0 aliphatic heterocycles. The molecule has 0 saturated carbocycles. The topological polar surface area (TPSA) is 66.2 Å². The van der Waals surface area contributed by atoms with Crippen molar-refractivity contribution < 1.29 is 10.2 Å². The van der Waals surface area contributed by atoms with Crippen molar-refractivity contribution in [1.29, 1.82) is 0 Å². The van der Waals surface area contributed by atoms with E-state index in [9.17, 15) is 10.2 Å². The van der Waals surface area contributed by atoms with Crippen molar-refractivity contribution in [3.63, 3.8) is 0 Å². The molecule has 0 saturated heterocycles. The molecule has 2 aromatic rings. The zero-order chi connectivity index (χ0) is 21.2. The monoisotopic (exact) mass is 394 g/mol. The van der Waals surface area contributed by atoms with E-state index in [0.29, 0.717) is 23.4 Å². The molecule has 4 nitrogen and oxygen atoms in total. The zero-order valence-corrected chi connectivity index (χ0v) is 18.2. The number of nitrogens with zero attached hydrogens (tertiary/aromatic N) is 2. The van der Waals surface area contributed by atoms with Gasteiger partial charge in [0.25, 0.3) is 0 Å². The van der Waals surface area contributed by atoms with E-state index in [1.165, 1.54) is 11.1 Å². The van der Waals surface area contributed by atoms with Gasteiger partial charge in [-0.05, 0) is 70.6 Å². The normalized spacial score (nSPS) is 11.5. The molecule has 2 rings (SSSR count). The van der Waals surface area contributed by atoms with Gasteiger partial charge in [0.1, 0.15) is 11.5 Å². The van der Waals surface area contributed by atoms with Crippen molar-refractivity contribution in [2.45, 2.75) is 72.6 Å². The van der Waals surface area contributed by atoms with Crippen LogP contribution in [-0.4, -0.2) is 20.2 Å². The largest absolute Gasteiger partial charge is 0.508 e. The predicted octanol–water partition coefficient (Wildman–Crippen LogP) is 6.52. The maximum absolute atomic E-state index is 11.0. The van der Waals surface area contributed by atoms with Crippen molar-refractivity contribution in [1.82, 2.24) is 9.97 Å². The summed E-state index contributed by atoms with van der Waals surface area (Å²) in [7, 11) is 0.